The number of nitrogens with zero attached hydrogens (tertiary/aromatic N) is 1. The second kappa shape index (κ2) is 10.9. The highest BCUT2D eigenvalue weighted by atomic mass is 32.2. The van der Waals surface area contributed by atoms with Gasteiger partial charge in [-0.2, -0.15) is 0 Å². The summed E-state index contributed by atoms with van der Waals surface area (Å²) in [4.78, 5) is 16.1. The lowest BCUT2D eigenvalue weighted by atomic mass is 10.0. The second-order valence-corrected chi connectivity index (χ2v) is 9.28. The summed E-state index contributed by atoms with van der Waals surface area (Å²) in [6.07, 6.45) is 6.34. The molecule has 1 saturated heterocycles. The van der Waals surface area contributed by atoms with Gasteiger partial charge in [-0.25, -0.2) is 0 Å². The first-order valence-corrected chi connectivity index (χ1v) is 11.9. The molecule has 1 aromatic carbocycles. The predicted molar refractivity (Wildman–Crippen MR) is 128 cm³/mol. The number of rotatable bonds is 9. The molecule has 2 aliphatic heterocycles. The van der Waals surface area contributed by atoms with E-state index in [1.54, 1.807) is 11.8 Å². The van der Waals surface area contributed by atoms with Crippen LogP contribution in [0.1, 0.15) is 52.0 Å². The van der Waals surface area contributed by atoms with Gasteiger partial charge in [-0.1, -0.05) is 36.5 Å². The fourth-order valence-corrected chi connectivity index (χ4v) is 4.82. The molecule has 4 nitrogen and oxygen atoms in total. The molecule has 1 amide bonds. The normalized spacial score (nSPS) is 19.4. The van der Waals surface area contributed by atoms with Crippen LogP contribution in [0, 0.1) is 0 Å². The van der Waals surface area contributed by atoms with Crippen molar-refractivity contribution >= 4 is 23.2 Å². The summed E-state index contributed by atoms with van der Waals surface area (Å²) in [6, 6.07) is 8.88. The van der Waals surface area contributed by atoms with Crippen LogP contribution in [-0.4, -0.2) is 42.6 Å². The van der Waals surface area contributed by atoms with Crippen molar-refractivity contribution in [2.24, 2.45) is 0 Å². The molecule has 1 fully saturated rings. The topological polar surface area (TPSA) is 41.6 Å². The summed E-state index contributed by atoms with van der Waals surface area (Å²) in [5, 5.41) is 5.03. The Kier molecular flexibility index (Phi) is 8.23. The van der Waals surface area contributed by atoms with Gasteiger partial charge in [-0.05, 0) is 81.7 Å². The van der Waals surface area contributed by atoms with Crippen LogP contribution in [0.5, 0.6) is 5.75 Å². The highest BCUT2D eigenvalue weighted by molar-refractivity contribution is 8.06. The minimum absolute atomic E-state index is 0.00901. The number of ether oxygens (including phenoxy) is 1. The molecule has 0 aliphatic carbocycles. The Hall–Kier alpha value is -1.98. The third-order valence-electron chi connectivity index (χ3n) is 5.60. The van der Waals surface area contributed by atoms with E-state index >= 15 is 0 Å². The first-order chi connectivity index (χ1) is 14.5. The number of nitrogens with one attached hydrogen (secondary N) is 1. The third-order valence-corrected chi connectivity index (χ3v) is 6.65. The molecule has 0 bridgehead atoms. The molecular formula is C25H34N2O2S. The van der Waals surface area contributed by atoms with E-state index in [9.17, 15) is 4.79 Å². The van der Waals surface area contributed by atoms with E-state index in [2.05, 4.69) is 23.7 Å². The predicted octanol–water partition coefficient (Wildman–Crippen LogP) is 5.38. The Bertz CT molecular complexity index is 811. The number of thioether (sulfide) groups is 1. The van der Waals surface area contributed by atoms with Crippen LogP contribution in [0.2, 0.25) is 0 Å². The number of benzene rings is 1. The molecule has 2 heterocycles. The fraction of sp³-hybridized carbons (Fsp3) is 0.480. The molecule has 0 radical (unpaired) electrons. The molecule has 0 unspecified atom stereocenters. The van der Waals surface area contributed by atoms with Gasteiger partial charge < -0.3 is 15.0 Å². The summed E-state index contributed by atoms with van der Waals surface area (Å²) in [6.45, 7) is 13.6. The van der Waals surface area contributed by atoms with Crippen molar-refractivity contribution in [2.75, 3.05) is 19.7 Å². The lowest BCUT2D eigenvalue weighted by Crippen LogP contribution is -2.32. The standard InChI is InChI=1S/C25H34N2O2S/c1-18(2)26-25(28)23-9-6-17-30-24(23)20(4)21-10-12-22(13-11-21)29-16-7-15-27-14-5-8-19(27)3/h6,10-13,17-19H,4-5,7-9,14-16H2,1-3H3,(H,26,28)/t19-/m1/s1. The van der Waals surface area contributed by atoms with Crippen molar-refractivity contribution in [3.63, 3.8) is 0 Å². The van der Waals surface area contributed by atoms with Crippen molar-refractivity contribution in [2.45, 2.75) is 58.5 Å². The fourth-order valence-electron chi connectivity index (χ4n) is 3.91. The molecule has 0 saturated carbocycles. The van der Waals surface area contributed by atoms with Crippen molar-refractivity contribution in [3.8, 4) is 5.75 Å². The Labute approximate surface area is 185 Å². The van der Waals surface area contributed by atoms with Crippen LogP contribution in [-0.2, 0) is 4.79 Å². The molecule has 0 spiro atoms. The van der Waals surface area contributed by atoms with Crippen LogP contribution in [0.4, 0.5) is 0 Å². The number of allylic oxidation sites excluding steroid dienone is 2. The van der Waals surface area contributed by atoms with Gasteiger partial charge in [0.05, 0.1) is 6.61 Å². The Morgan fingerprint density at radius 1 is 1.33 bits per heavy atom. The summed E-state index contributed by atoms with van der Waals surface area (Å²) in [5.41, 5.74) is 2.69. The van der Waals surface area contributed by atoms with Crippen LogP contribution in [0.25, 0.3) is 5.57 Å². The summed E-state index contributed by atoms with van der Waals surface area (Å²) < 4.78 is 5.94. The number of amides is 1. The maximum atomic E-state index is 12.6. The maximum absolute atomic E-state index is 12.6. The number of likely N-dealkylation sites (tertiary alicyclic amines) is 1. The molecular weight excluding hydrogens is 392 g/mol. The van der Waals surface area contributed by atoms with Gasteiger partial charge in [0.1, 0.15) is 5.75 Å². The molecule has 1 N–H and O–H groups in total. The lowest BCUT2D eigenvalue weighted by molar-refractivity contribution is -0.118. The Morgan fingerprint density at radius 2 is 2.10 bits per heavy atom. The smallest absolute Gasteiger partial charge is 0.248 e. The van der Waals surface area contributed by atoms with Gasteiger partial charge in [-0.3, -0.25) is 4.79 Å². The van der Waals surface area contributed by atoms with E-state index in [1.807, 2.05) is 49.6 Å². The molecule has 30 heavy (non-hydrogen) atoms. The highest BCUT2D eigenvalue weighted by Gasteiger charge is 2.21. The molecule has 3 rings (SSSR count). The molecule has 1 atom stereocenters. The van der Waals surface area contributed by atoms with E-state index in [4.69, 9.17) is 4.74 Å². The van der Waals surface area contributed by atoms with E-state index < -0.39 is 0 Å². The average molecular weight is 427 g/mol. The Balaban J connectivity index is 1.57. The zero-order valence-electron chi connectivity index (χ0n) is 18.4. The van der Waals surface area contributed by atoms with E-state index in [0.29, 0.717) is 12.5 Å². The first-order valence-electron chi connectivity index (χ1n) is 11.0. The van der Waals surface area contributed by atoms with E-state index in [0.717, 1.165) is 46.9 Å². The third kappa shape index (κ3) is 6.02. The van der Waals surface area contributed by atoms with Crippen LogP contribution < -0.4 is 10.1 Å². The van der Waals surface area contributed by atoms with E-state index in [1.165, 1.54) is 19.4 Å². The number of carbonyl (C=O) groups is 1. The average Bonchev–Trinajstić information content (AvgIpc) is 3.15. The molecule has 162 valence electrons. The minimum Gasteiger partial charge on any atom is -0.494 e. The van der Waals surface area contributed by atoms with Crippen molar-refractivity contribution in [1.29, 1.82) is 0 Å². The van der Waals surface area contributed by atoms with Crippen molar-refractivity contribution < 1.29 is 9.53 Å². The monoisotopic (exact) mass is 426 g/mol. The maximum Gasteiger partial charge on any atom is 0.248 e. The molecule has 5 heteroatoms. The number of hydrogen-bond donors (Lipinski definition) is 1. The van der Waals surface area contributed by atoms with Crippen LogP contribution in [0.15, 0.2) is 52.8 Å². The quantitative estimate of drug-likeness (QED) is 0.538. The number of carbonyl (C=O) groups excluding carboxylic acids is 1. The summed E-state index contributed by atoms with van der Waals surface area (Å²) >= 11 is 1.57. The van der Waals surface area contributed by atoms with Gasteiger partial charge in [0.25, 0.3) is 0 Å². The largest absolute Gasteiger partial charge is 0.494 e. The first kappa shape index (κ1) is 22.7. The van der Waals surface area contributed by atoms with Crippen LogP contribution in [0.3, 0.4) is 0 Å². The SMILES string of the molecule is C=C(C1=C(C(=O)NC(C)C)CC=CS1)c1ccc(OCCCN2CCC[C@H]2C)cc1. The molecule has 1 aromatic rings. The highest BCUT2D eigenvalue weighted by Crippen LogP contribution is 2.38. The summed E-state index contributed by atoms with van der Waals surface area (Å²) in [7, 11) is 0. The van der Waals surface area contributed by atoms with Gasteiger partial charge in [0, 0.05) is 29.1 Å². The zero-order chi connectivity index (χ0) is 21.5. The zero-order valence-corrected chi connectivity index (χ0v) is 19.3. The Morgan fingerprint density at radius 3 is 2.77 bits per heavy atom. The van der Waals surface area contributed by atoms with E-state index in [-0.39, 0.29) is 11.9 Å². The van der Waals surface area contributed by atoms with Crippen LogP contribution >= 0.6 is 11.8 Å². The van der Waals surface area contributed by atoms with Gasteiger partial charge >= 0.3 is 0 Å². The van der Waals surface area contributed by atoms with Gasteiger partial charge in [-0.15, -0.1) is 0 Å². The van der Waals surface area contributed by atoms with Crippen molar-refractivity contribution in [3.05, 3.63) is 58.4 Å². The van der Waals surface area contributed by atoms with Gasteiger partial charge in [0.15, 0.2) is 0 Å². The number of hydrogen-bond acceptors (Lipinski definition) is 4. The van der Waals surface area contributed by atoms with Crippen molar-refractivity contribution in [1.82, 2.24) is 10.2 Å². The molecule has 0 aromatic heterocycles. The lowest BCUT2D eigenvalue weighted by Gasteiger charge is -2.20. The minimum atomic E-state index is -0.00901. The second-order valence-electron chi connectivity index (χ2n) is 8.36. The van der Waals surface area contributed by atoms with Gasteiger partial charge in [0.2, 0.25) is 5.91 Å². The summed E-state index contributed by atoms with van der Waals surface area (Å²) in [5.74, 6) is 0.870. The molecule has 2 aliphatic rings.